The summed E-state index contributed by atoms with van der Waals surface area (Å²) in [5, 5.41) is 5.93. The van der Waals surface area contributed by atoms with Crippen molar-refractivity contribution in [3.63, 3.8) is 0 Å². The molecule has 0 aromatic heterocycles. The zero-order chi connectivity index (χ0) is 14.4. The van der Waals surface area contributed by atoms with Crippen molar-refractivity contribution in [2.45, 2.75) is 18.9 Å². The normalized spacial score (nSPS) is 15.6. The van der Waals surface area contributed by atoms with Crippen LogP contribution in [0.2, 0.25) is 0 Å². The van der Waals surface area contributed by atoms with Gasteiger partial charge in [0, 0.05) is 30.5 Å². The van der Waals surface area contributed by atoms with Crippen molar-refractivity contribution in [2.75, 3.05) is 25.1 Å². The number of hydrogen-bond donors (Lipinski definition) is 3. The summed E-state index contributed by atoms with van der Waals surface area (Å²) in [6.45, 7) is 1.55. The summed E-state index contributed by atoms with van der Waals surface area (Å²) in [7, 11) is 0. The third-order valence-corrected chi connectivity index (χ3v) is 3.19. The lowest BCUT2D eigenvalue weighted by atomic mass is 10.1. The molecule has 0 aliphatic carbocycles. The molecule has 6 nitrogen and oxygen atoms in total. The number of hydrogen-bond acceptors (Lipinski definition) is 4. The second-order valence-corrected chi connectivity index (χ2v) is 4.75. The van der Waals surface area contributed by atoms with E-state index in [1.807, 2.05) is 0 Å². The quantitative estimate of drug-likeness (QED) is 0.730. The minimum Gasteiger partial charge on any atom is -0.381 e. The van der Waals surface area contributed by atoms with Gasteiger partial charge in [-0.15, -0.1) is 0 Å². The minimum atomic E-state index is -0.486. The van der Waals surface area contributed by atoms with Crippen LogP contribution in [0.1, 0.15) is 23.2 Å². The number of carbonyl (C=O) groups is 2. The molecule has 1 aliphatic rings. The van der Waals surface area contributed by atoms with Gasteiger partial charge in [0.05, 0.1) is 6.54 Å². The second kappa shape index (κ2) is 6.91. The first-order valence-corrected chi connectivity index (χ1v) is 6.66. The Kier molecular flexibility index (Phi) is 4.95. The van der Waals surface area contributed by atoms with Crippen LogP contribution in [0, 0.1) is 0 Å². The van der Waals surface area contributed by atoms with Crippen LogP contribution in [-0.4, -0.2) is 37.6 Å². The Hall–Kier alpha value is -2.08. The topological polar surface area (TPSA) is 93.5 Å². The lowest BCUT2D eigenvalue weighted by molar-refractivity contribution is -0.120. The zero-order valence-corrected chi connectivity index (χ0v) is 11.2. The van der Waals surface area contributed by atoms with Gasteiger partial charge in [-0.2, -0.15) is 0 Å². The number of nitrogens with one attached hydrogen (secondary N) is 2. The molecule has 6 heteroatoms. The number of carbonyl (C=O) groups excluding carboxylic acids is 2. The number of rotatable bonds is 5. The van der Waals surface area contributed by atoms with Crippen LogP contribution in [0.15, 0.2) is 24.3 Å². The number of anilines is 1. The molecule has 2 amide bonds. The average molecular weight is 277 g/mol. The molecule has 1 heterocycles. The van der Waals surface area contributed by atoms with Crippen molar-refractivity contribution in [3.8, 4) is 0 Å². The summed E-state index contributed by atoms with van der Waals surface area (Å²) in [5.41, 5.74) is 6.32. The summed E-state index contributed by atoms with van der Waals surface area (Å²) in [4.78, 5) is 22.9. The molecule has 0 bridgehead atoms. The largest absolute Gasteiger partial charge is 0.381 e. The molecule has 1 saturated heterocycles. The van der Waals surface area contributed by atoms with Gasteiger partial charge in [-0.1, -0.05) is 6.07 Å². The monoisotopic (exact) mass is 277 g/mol. The molecule has 0 atom stereocenters. The zero-order valence-electron chi connectivity index (χ0n) is 11.2. The molecule has 4 N–H and O–H groups in total. The molecule has 1 aromatic rings. The summed E-state index contributed by atoms with van der Waals surface area (Å²) in [6, 6.07) is 6.96. The molecule has 1 aliphatic heterocycles. The first-order chi connectivity index (χ1) is 9.65. The predicted octanol–water partition coefficient (Wildman–Crippen LogP) is 0.493. The van der Waals surface area contributed by atoms with Crippen molar-refractivity contribution < 1.29 is 14.3 Å². The van der Waals surface area contributed by atoms with Gasteiger partial charge < -0.3 is 21.1 Å². The highest BCUT2D eigenvalue weighted by atomic mass is 16.5. The van der Waals surface area contributed by atoms with Crippen LogP contribution >= 0.6 is 0 Å². The minimum absolute atomic E-state index is 0.0682. The standard InChI is InChI=1S/C14H19N3O3/c15-14(19)10-2-1-3-12(8-10)16-9-13(18)17-11-4-6-20-7-5-11/h1-3,8,11,16H,4-7,9H2,(H2,15,19)(H,17,18). The number of benzene rings is 1. The van der Waals surface area contributed by atoms with Crippen molar-refractivity contribution in [1.29, 1.82) is 0 Å². The van der Waals surface area contributed by atoms with E-state index in [2.05, 4.69) is 10.6 Å². The van der Waals surface area contributed by atoms with Crippen LogP contribution in [0.4, 0.5) is 5.69 Å². The molecule has 0 unspecified atom stereocenters. The maximum absolute atomic E-state index is 11.8. The van der Waals surface area contributed by atoms with E-state index >= 15 is 0 Å². The first kappa shape index (κ1) is 14.3. The fraction of sp³-hybridized carbons (Fsp3) is 0.429. The maximum atomic E-state index is 11.8. The van der Waals surface area contributed by atoms with E-state index in [0.29, 0.717) is 24.5 Å². The third kappa shape index (κ3) is 4.24. The fourth-order valence-corrected chi connectivity index (χ4v) is 2.09. The Morgan fingerprint density at radius 3 is 2.75 bits per heavy atom. The van der Waals surface area contributed by atoms with Gasteiger partial charge in [0.25, 0.3) is 0 Å². The van der Waals surface area contributed by atoms with Crippen molar-refractivity contribution in [1.82, 2.24) is 5.32 Å². The van der Waals surface area contributed by atoms with E-state index in [9.17, 15) is 9.59 Å². The Morgan fingerprint density at radius 1 is 1.30 bits per heavy atom. The molecule has 0 spiro atoms. The maximum Gasteiger partial charge on any atom is 0.248 e. The molecule has 20 heavy (non-hydrogen) atoms. The van der Waals surface area contributed by atoms with E-state index in [0.717, 1.165) is 12.8 Å². The van der Waals surface area contributed by atoms with Crippen molar-refractivity contribution >= 4 is 17.5 Å². The molecular weight excluding hydrogens is 258 g/mol. The highest BCUT2D eigenvalue weighted by Gasteiger charge is 2.15. The van der Waals surface area contributed by atoms with E-state index in [1.54, 1.807) is 24.3 Å². The summed E-state index contributed by atoms with van der Waals surface area (Å²) in [5.74, 6) is -0.554. The van der Waals surface area contributed by atoms with Crippen LogP contribution in [-0.2, 0) is 9.53 Å². The lowest BCUT2D eigenvalue weighted by Crippen LogP contribution is -2.41. The van der Waals surface area contributed by atoms with Gasteiger partial charge >= 0.3 is 0 Å². The van der Waals surface area contributed by atoms with E-state index in [-0.39, 0.29) is 18.5 Å². The van der Waals surface area contributed by atoms with Crippen molar-refractivity contribution in [3.05, 3.63) is 29.8 Å². The number of nitrogens with two attached hydrogens (primary N) is 1. The average Bonchev–Trinajstić information content (AvgIpc) is 2.46. The SMILES string of the molecule is NC(=O)c1cccc(NCC(=O)NC2CCOCC2)c1. The summed E-state index contributed by atoms with van der Waals surface area (Å²) < 4.78 is 5.24. The molecule has 0 radical (unpaired) electrons. The van der Waals surface area contributed by atoms with Gasteiger partial charge in [-0.25, -0.2) is 0 Å². The first-order valence-electron chi connectivity index (χ1n) is 6.66. The summed E-state index contributed by atoms with van der Waals surface area (Å²) >= 11 is 0. The molecule has 108 valence electrons. The van der Waals surface area contributed by atoms with Crippen molar-refractivity contribution in [2.24, 2.45) is 5.73 Å². The molecule has 2 rings (SSSR count). The molecule has 0 saturated carbocycles. The Labute approximate surface area is 117 Å². The third-order valence-electron chi connectivity index (χ3n) is 3.19. The van der Waals surface area contributed by atoms with Crippen LogP contribution in [0.5, 0.6) is 0 Å². The summed E-state index contributed by atoms with van der Waals surface area (Å²) in [6.07, 6.45) is 1.70. The second-order valence-electron chi connectivity index (χ2n) is 4.75. The Balaban J connectivity index is 1.80. The van der Waals surface area contributed by atoms with E-state index < -0.39 is 5.91 Å². The predicted molar refractivity (Wildman–Crippen MR) is 75.4 cm³/mol. The smallest absolute Gasteiger partial charge is 0.248 e. The molecular formula is C14H19N3O3. The molecule has 1 aromatic carbocycles. The Bertz CT molecular complexity index is 484. The lowest BCUT2D eigenvalue weighted by Gasteiger charge is -2.23. The van der Waals surface area contributed by atoms with E-state index in [4.69, 9.17) is 10.5 Å². The van der Waals surface area contributed by atoms with Gasteiger partial charge in [0.1, 0.15) is 0 Å². The molecule has 1 fully saturated rings. The highest BCUT2D eigenvalue weighted by molar-refractivity contribution is 5.93. The van der Waals surface area contributed by atoms with Crippen LogP contribution < -0.4 is 16.4 Å². The van der Waals surface area contributed by atoms with E-state index in [1.165, 1.54) is 0 Å². The number of amides is 2. The van der Waals surface area contributed by atoms with Gasteiger partial charge in [0.15, 0.2) is 0 Å². The fourth-order valence-electron chi connectivity index (χ4n) is 2.09. The van der Waals surface area contributed by atoms with Gasteiger partial charge in [-0.3, -0.25) is 9.59 Å². The van der Waals surface area contributed by atoms with Gasteiger partial charge in [-0.05, 0) is 31.0 Å². The van der Waals surface area contributed by atoms with Gasteiger partial charge in [0.2, 0.25) is 11.8 Å². The van der Waals surface area contributed by atoms with Crippen LogP contribution in [0.3, 0.4) is 0 Å². The Morgan fingerprint density at radius 2 is 2.05 bits per heavy atom. The number of primary amides is 1. The number of ether oxygens (including phenoxy) is 1. The van der Waals surface area contributed by atoms with Crippen LogP contribution in [0.25, 0.3) is 0 Å². The highest BCUT2D eigenvalue weighted by Crippen LogP contribution is 2.10.